The van der Waals surface area contributed by atoms with E-state index in [2.05, 4.69) is 13.8 Å². The van der Waals surface area contributed by atoms with Gasteiger partial charge in [-0.2, -0.15) is 0 Å². The summed E-state index contributed by atoms with van der Waals surface area (Å²) in [6.07, 6.45) is 8.55. The molecule has 0 aliphatic heterocycles. The van der Waals surface area contributed by atoms with Gasteiger partial charge in [-0.15, -0.1) is 0 Å². The molecule has 0 spiro atoms. The first kappa shape index (κ1) is 18.2. The first-order valence-corrected chi connectivity index (χ1v) is 10.3. The smallest absolute Gasteiger partial charge is 0.306 e. The highest BCUT2D eigenvalue weighted by atomic mass is 16.4. The highest BCUT2D eigenvalue weighted by molar-refractivity contribution is 5.91. The Balaban J connectivity index is 1.70. The predicted molar refractivity (Wildman–Crippen MR) is 98.5 cm³/mol. The fourth-order valence-corrected chi connectivity index (χ4v) is 7.53. The van der Waals surface area contributed by atoms with E-state index >= 15 is 0 Å². The minimum Gasteiger partial charge on any atom is -0.481 e. The molecule has 4 heteroatoms. The molecule has 3 fully saturated rings. The van der Waals surface area contributed by atoms with Crippen LogP contribution in [0.1, 0.15) is 72.1 Å². The molecule has 4 rings (SSSR count). The van der Waals surface area contributed by atoms with Crippen molar-refractivity contribution in [2.45, 2.75) is 77.7 Å². The highest BCUT2D eigenvalue weighted by Gasteiger charge is 2.66. The van der Waals surface area contributed by atoms with Crippen molar-refractivity contribution < 1.29 is 19.8 Å². The molecule has 144 valence electrons. The van der Waals surface area contributed by atoms with E-state index < -0.39 is 11.6 Å². The van der Waals surface area contributed by atoms with E-state index in [1.165, 1.54) is 0 Å². The molecule has 0 amide bonds. The summed E-state index contributed by atoms with van der Waals surface area (Å²) in [6.45, 7) is 6.32. The summed E-state index contributed by atoms with van der Waals surface area (Å²) in [5, 5.41) is 21.5. The standard InChI is InChI=1S/C22H32O4/c1-13(19(24)25)16-6-7-17-18-5-4-14-12-15(23)8-9-21(14,3)22(18,26)11-10-20(16,17)2/h12-13,16-18,26H,4-11H2,1-3H3,(H,24,25)/t13-,16?,17?,18?,20+,21-,22+/m0/s1. The lowest BCUT2D eigenvalue weighted by molar-refractivity contribution is -0.194. The molecule has 4 aliphatic carbocycles. The number of hydrogen-bond donors (Lipinski definition) is 2. The van der Waals surface area contributed by atoms with Crippen LogP contribution in [0.3, 0.4) is 0 Å². The molecule has 4 nitrogen and oxygen atoms in total. The Bertz CT molecular complexity index is 682. The van der Waals surface area contributed by atoms with E-state index in [9.17, 15) is 19.8 Å². The van der Waals surface area contributed by atoms with Gasteiger partial charge < -0.3 is 10.2 Å². The van der Waals surface area contributed by atoms with Crippen LogP contribution in [0.25, 0.3) is 0 Å². The van der Waals surface area contributed by atoms with Crippen molar-refractivity contribution in [2.75, 3.05) is 0 Å². The number of carbonyl (C=O) groups excluding carboxylic acids is 1. The predicted octanol–water partition coefficient (Wildman–Crippen LogP) is 3.97. The summed E-state index contributed by atoms with van der Waals surface area (Å²) in [5.74, 6) is 0.0118. The van der Waals surface area contributed by atoms with Crippen LogP contribution in [0.5, 0.6) is 0 Å². The van der Waals surface area contributed by atoms with Crippen molar-refractivity contribution in [3.63, 3.8) is 0 Å². The van der Waals surface area contributed by atoms with Crippen LogP contribution in [0.4, 0.5) is 0 Å². The first-order chi connectivity index (χ1) is 12.1. The second-order valence-electron chi connectivity index (χ2n) is 9.96. The third-order valence-corrected chi connectivity index (χ3v) is 9.22. The van der Waals surface area contributed by atoms with Gasteiger partial charge in [0, 0.05) is 11.8 Å². The number of carboxylic acid groups (broad SMARTS) is 1. The second-order valence-corrected chi connectivity index (χ2v) is 9.96. The van der Waals surface area contributed by atoms with Gasteiger partial charge in [0.15, 0.2) is 5.78 Å². The summed E-state index contributed by atoms with van der Waals surface area (Å²) >= 11 is 0. The van der Waals surface area contributed by atoms with Crippen molar-refractivity contribution in [1.82, 2.24) is 0 Å². The van der Waals surface area contributed by atoms with Gasteiger partial charge in [-0.05, 0) is 74.2 Å². The van der Waals surface area contributed by atoms with E-state index in [1.54, 1.807) is 0 Å². The molecule has 3 saturated carbocycles. The molecular weight excluding hydrogens is 328 g/mol. The summed E-state index contributed by atoms with van der Waals surface area (Å²) in [4.78, 5) is 23.6. The molecule has 0 heterocycles. The minimum absolute atomic E-state index is 0.0107. The van der Waals surface area contributed by atoms with E-state index in [0.717, 1.165) is 50.5 Å². The number of aliphatic hydroxyl groups is 1. The molecule has 26 heavy (non-hydrogen) atoms. The van der Waals surface area contributed by atoms with Crippen molar-refractivity contribution in [1.29, 1.82) is 0 Å². The average molecular weight is 360 g/mol. The molecule has 7 atom stereocenters. The lowest BCUT2D eigenvalue weighted by Crippen LogP contribution is -2.63. The van der Waals surface area contributed by atoms with E-state index in [0.29, 0.717) is 12.3 Å². The number of fused-ring (bicyclic) bond motifs is 5. The van der Waals surface area contributed by atoms with Gasteiger partial charge in [-0.25, -0.2) is 0 Å². The Morgan fingerprint density at radius 2 is 1.85 bits per heavy atom. The van der Waals surface area contributed by atoms with Crippen LogP contribution in [0.15, 0.2) is 11.6 Å². The average Bonchev–Trinajstić information content (AvgIpc) is 2.93. The topological polar surface area (TPSA) is 74.6 Å². The van der Waals surface area contributed by atoms with Gasteiger partial charge in [0.1, 0.15) is 0 Å². The van der Waals surface area contributed by atoms with Gasteiger partial charge in [0.2, 0.25) is 0 Å². The van der Waals surface area contributed by atoms with Crippen LogP contribution >= 0.6 is 0 Å². The maximum Gasteiger partial charge on any atom is 0.306 e. The normalized spacial score (nSPS) is 48.8. The number of carboxylic acids is 1. The summed E-state index contributed by atoms with van der Waals surface area (Å²) in [5.41, 5.74) is 0.131. The molecule has 0 aromatic heterocycles. The summed E-state index contributed by atoms with van der Waals surface area (Å²) in [6, 6.07) is 0. The molecule has 0 saturated heterocycles. The Morgan fingerprint density at radius 1 is 1.12 bits per heavy atom. The number of aliphatic carboxylic acids is 1. The fourth-order valence-electron chi connectivity index (χ4n) is 7.53. The van der Waals surface area contributed by atoms with E-state index in [4.69, 9.17) is 0 Å². The van der Waals surface area contributed by atoms with Crippen molar-refractivity contribution in [3.8, 4) is 0 Å². The molecular formula is C22H32O4. The lowest BCUT2D eigenvalue weighted by atomic mass is 9.44. The minimum atomic E-state index is -0.747. The van der Waals surface area contributed by atoms with Gasteiger partial charge in [0.25, 0.3) is 0 Å². The molecule has 0 bridgehead atoms. The quantitative estimate of drug-likeness (QED) is 0.781. The SMILES string of the molecule is C[C@H](C(=O)O)C1CCC2C3CCC4=CC(=O)CC[C@]4(C)[C@@]3(O)CC[C@@]21C. The van der Waals surface area contributed by atoms with E-state index in [1.807, 2.05) is 13.0 Å². The van der Waals surface area contributed by atoms with Gasteiger partial charge in [-0.1, -0.05) is 26.3 Å². The van der Waals surface area contributed by atoms with Crippen molar-refractivity contribution in [3.05, 3.63) is 11.6 Å². The molecule has 0 radical (unpaired) electrons. The number of hydrogen-bond acceptors (Lipinski definition) is 3. The van der Waals surface area contributed by atoms with Gasteiger partial charge in [-0.3, -0.25) is 9.59 Å². The molecule has 2 N–H and O–H groups in total. The van der Waals surface area contributed by atoms with Crippen LogP contribution in [0, 0.1) is 34.5 Å². The van der Waals surface area contributed by atoms with Crippen molar-refractivity contribution in [2.24, 2.45) is 34.5 Å². The highest BCUT2D eigenvalue weighted by Crippen LogP contribution is 2.68. The lowest BCUT2D eigenvalue weighted by Gasteiger charge is -2.63. The number of ketones is 1. The van der Waals surface area contributed by atoms with Crippen LogP contribution < -0.4 is 0 Å². The zero-order valence-electron chi connectivity index (χ0n) is 16.3. The third-order valence-electron chi connectivity index (χ3n) is 9.22. The Kier molecular flexibility index (Phi) is 3.97. The van der Waals surface area contributed by atoms with Crippen LogP contribution in [-0.2, 0) is 9.59 Å². The molecule has 3 unspecified atom stereocenters. The van der Waals surface area contributed by atoms with Gasteiger partial charge in [0.05, 0.1) is 11.5 Å². The monoisotopic (exact) mass is 360 g/mol. The van der Waals surface area contributed by atoms with Crippen LogP contribution in [0.2, 0.25) is 0 Å². The van der Waals surface area contributed by atoms with Gasteiger partial charge >= 0.3 is 5.97 Å². The molecule has 0 aromatic carbocycles. The largest absolute Gasteiger partial charge is 0.481 e. The fraction of sp³-hybridized carbons (Fsp3) is 0.818. The maximum atomic E-state index is 12.0. The summed E-state index contributed by atoms with van der Waals surface area (Å²) < 4.78 is 0. The molecule has 4 aliphatic rings. The van der Waals surface area contributed by atoms with Crippen molar-refractivity contribution >= 4 is 11.8 Å². The Morgan fingerprint density at radius 3 is 2.54 bits per heavy atom. The molecule has 0 aromatic rings. The Labute approximate surface area is 156 Å². The summed E-state index contributed by atoms with van der Waals surface area (Å²) in [7, 11) is 0. The zero-order valence-corrected chi connectivity index (χ0v) is 16.3. The maximum absolute atomic E-state index is 12.0. The Hall–Kier alpha value is -1.16. The van der Waals surface area contributed by atoms with Crippen LogP contribution in [-0.4, -0.2) is 27.6 Å². The second kappa shape index (κ2) is 5.67. The first-order valence-electron chi connectivity index (χ1n) is 10.3. The van der Waals surface area contributed by atoms with E-state index in [-0.39, 0.29) is 34.4 Å². The number of rotatable bonds is 2. The third kappa shape index (κ3) is 2.17. The zero-order chi connectivity index (χ0) is 18.9. The number of carbonyl (C=O) groups is 2.